The zero-order chi connectivity index (χ0) is 18.7. The van der Waals surface area contributed by atoms with Gasteiger partial charge in [-0.1, -0.05) is 18.2 Å². The van der Waals surface area contributed by atoms with Crippen LogP contribution in [-0.4, -0.2) is 35.4 Å². The van der Waals surface area contributed by atoms with E-state index in [-0.39, 0.29) is 17.2 Å². The first-order valence-electron chi connectivity index (χ1n) is 9.31. The number of carbonyl (C=O) groups excluding carboxylic acids is 2. The minimum atomic E-state index is -0.433. The summed E-state index contributed by atoms with van der Waals surface area (Å²) in [7, 11) is 0. The molecular formula is C20H23N3O3S. The van der Waals surface area contributed by atoms with Crippen molar-refractivity contribution in [2.75, 3.05) is 13.1 Å². The molecule has 7 heteroatoms. The van der Waals surface area contributed by atoms with Crippen LogP contribution >= 0.6 is 11.5 Å². The molecule has 0 spiro atoms. The molecule has 27 heavy (non-hydrogen) atoms. The van der Waals surface area contributed by atoms with Gasteiger partial charge in [0.1, 0.15) is 5.75 Å². The van der Waals surface area contributed by atoms with Gasteiger partial charge >= 0.3 is 0 Å². The highest BCUT2D eigenvalue weighted by Crippen LogP contribution is 2.48. The van der Waals surface area contributed by atoms with E-state index in [9.17, 15) is 9.59 Å². The largest absolute Gasteiger partial charge is 0.480 e. The van der Waals surface area contributed by atoms with E-state index in [4.69, 9.17) is 4.74 Å². The number of hydrogen-bond acceptors (Lipinski definition) is 5. The Bertz CT molecular complexity index is 793. The molecule has 2 N–H and O–H groups in total. The molecule has 0 radical (unpaired) electrons. The van der Waals surface area contributed by atoms with Gasteiger partial charge in [0.05, 0.1) is 6.42 Å². The molecule has 1 unspecified atom stereocenters. The molecule has 2 aromatic rings. The number of rotatable bonds is 8. The summed E-state index contributed by atoms with van der Waals surface area (Å²) in [5.74, 6) is 0.779. The maximum Gasteiger partial charge on any atom is 0.261 e. The first kappa shape index (κ1) is 18.0. The average Bonchev–Trinajstić information content (AvgIpc) is 3.07. The Morgan fingerprint density at radius 2 is 2.11 bits per heavy atom. The zero-order valence-corrected chi connectivity index (χ0v) is 15.9. The van der Waals surface area contributed by atoms with Gasteiger partial charge in [0.2, 0.25) is 5.91 Å². The van der Waals surface area contributed by atoms with Crippen LogP contribution in [0.25, 0.3) is 0 Å². The third-order valence-corrected chi connectivity index (χ3v) is 6.00. The molecule has 1 aromatic heterocycles. The van der Waals surface area contributed by atoms with Crippen LogP contribution < -0.4 is 15.4 Å². The van der Waals surface area contributed by atoms with Crippen LogP contribution in [-0.2, 0) is 22.4 Å². The van der Waals surface area contributed by atoms with Crippen LogP contribution in [0.4, 0.5) is 0 Å². The van der Waals surface area contributed by atoms with E-state index in [1.165, 1.54) is 11.5 Å². The van der Waals surface area contributed by atoms with Crippen molar-refractivity contribution in [3.63, 3.8) is 0 Å². The van der Waals surface area contributed by atoms with Crippen molar-refractivity contribution in [3.05, 3.63) is 47.0 Å². The second-order valence-electron chi connectivity index (χ2n) is 7.45. The highest BCUT2D eigenvalue weighted by molar-refractivity contribution is 7.03. The molecule has 6 nitrogen and oxygen atoms in total. The molecule has 1 aliphatic heterocycles. The van der Waals surface area contributed by atoms with Gasteiger partial charge in [-0.05, 0) is 53.4 Å². The molecule has 1 aliphatic carbocycles. The van der Waals surface area contributed by atoms with E-state index in [0.717, 1.165) is 36.1 Å². The second kappa shape index (κ2) is 7.68. The monoisotopic (exact) mass is 385 g/mol. The molecule has 0 saturated heterocycles. The number of hydrogen-bond donors (Lipinski definition) is 2. The van der Waals surface area contributed by atoms with Crippen molar-refractivity contribution >= 4 is 23.3 Å². The maximum absolute atomic E-state index is 12.4. The van der Waals surface area contributed by atoms with E-state index in [0.29, 0.717) is 25.9 Å². The number of ether oxygens (including phenoxy) is 1. The van der Waals surface area contributed by atoms with Gasteiger partial charge in [0.15, 0.2) is 6.10 Å². The Labute approximate surface area is 162 Å². The number of carbonyl (C=O) groups is 2. The van der Waals surface area contributed by atoms with Crippen LogP contribution in [0.15, 0.2) is 35.8 Å². The van der Waals surface area contributed by atoms with Gasteiger partial charge in [-0.15, -0.1) is 0 Å². The summed E-state index contributed by atoms with van der Waals surface area (Å²) >= 11 is 1.35. The van der Waals surface area contributed by atoms with Gasteiger partial charge in [-0.2, -0.15) is 0 Å². The fourth-order valence-electron chi connectivity index (χ4n) is 3.44. The van der Waals surface area contributed by atoms with Crippen molar-refractivity contribution < 1.29 is 14.3 Å². The average molecular weight is 385 g/mol. The minimum Gasteiger partial charge on any atom is -0.480 e. The third-order valence-electron chi connectivity index (χ3n) is 5.36. The smallest absolute Gasteiger partial charge is 0.261 e. The standard InChI is InChI=1S/C20H23N3O3S/c24-18(9-14-11-23-27-12-14)21-8-7-20(5-6-20)13-22-19(25)17-10-15-3-1-2-4-16(15)26-17/h1-4,11-12,17H,5-10,13H2,(H,21,24)(H,22,25). The molecule has 1 atom stereocenters. The Hall–Kier alpha value is -2.41. The number of nitrogens with zero attached hydrogens (tertiary/aromatic N) is 1. The molecule has 2 amide bonds. The fourth-order valence-corrected chi connectivity index (χ4v) is 3.97. The van der Waals surface area contributed by atoms with Gasteiger partial charge in [0, 0.05) is 31.1 Å². The van der Waals surface area contributed by atoms with E-state index in [1.54, 1.807) is 6.20 Å². The summed E-state index contributed by atoms with van der Waals surface area (Å²) in [6.45, 7) is 1.28. The summed E-state index contributed by atoms with van der Waals surface area (Å²) in [6.07, 6.45) is 5.35. The van der Waals surface area contributed by atoms with Crippen molar-refractivity contribution in [2.24, 2.45) is 5.41 Å². The predicted octanol–water partition coefficient (Wildman–Crippen LogP) is 2.09. The van der Waals surface area contributed by atoms with Crippen LogP contribution in [0.1, 0.15) is 30.4 Å². The lowest BCUT2D eigenvalue weighted by atomic mass is 10.0. The highest BCUT2D eigenvalue weighted by Gasteiger charge is 2.42. The molecule has 2 aliphatic rings. The van der Waals surface area contributed by atoms with Crippen molar-refractivity contribution in [1.29, 1.82) is 0 Å². The normalized spacial score (nSPS) is 19.0. The van der Waals surface area contributed by atoms with E-state index < -0.39 is 6.10 Å². The molecule has 1 fully saturated rings. The molecule has 142 valence electrons. The van der Waals surface area contributed by atoms with E-state index in [2.05, 4.69) is 15.0 Å². The predicted molar refractivity (Wildman–Crippen MR) is 103 cm³/mol. The van der Waals surface area contributed by atoms with Gasteiger partial charge in [-0.25, -0.2) is 4.37 Å². The summed E-state index contributed by atoms with van der Waals surface area (Å²) in [6, 6.07) is 7.78. The molecule has 4 rings (SSSR count). The van der Waals surface area contributed by atoms with Crippen LogP contribution in [0.5, 0.6) is 5.75 Å². The number of nitrogens with one attached hydrogen (secondary N) is 2. The Morgan fingerprint density at radius 3 is 2.85 bits per heavy atom. The number of para-hydroxylation sites is 1. The second-order valence-corrected chi connectivity index (χ2v) is 8.10. The summed E-state index contributed by atoms with van der Waals surface area (Å²) < 4.78 is 9.75. The number of amides is 2. The lowest BCUT2D eigenvalue weighted by Gasteiger charge is -2.18. The quantitative estimate of drug-likeness (QED) is 0.729. The lowest BCUT2D eigenvalue weighted by Crippen LogP contribution is -2.41. The summed E-state index contributed by atoms with van der Waals surface area (Å²) in [4.78, 5) is 24.4. The number of benzene rings is 1. The minimum absolute atomic E-state index is 0.0205. The maximum atomic E-state index is 12.4. The molecular weight excluding hydrogens is 362 g/mol. The van der Waals surface area contributed by atoms with Gasteiger partial charge in [0.25, 0.3) is 5.91 Å². The number of fused-ring (bicyclic) bond motifs is 1. The van der Waals surface area contributed by atoms with Crippen molar-refractivity contribution in [2.45, 2.75) is 38.2 Å². The zero-order valence-electron chi connectivity index (χ0n) is 15.1. The molecule has 1 aromatic carbocycles. The van der Waals surface area contributed by atoms with Crippen molar-refractivity contribution in [1.82, 2.24) is 15.0 Å². The first-order valence-corrected chi connectivity index (χ1v) is 10.1. The van der Waals surface area contributed by atoms with Gasteiger partial charge in [-0.3, -0.25) is 9.59 Å². The van der Waals surface area contributed by atoms with Crippen molar-refractivity contribution in [3.8, 4) is 5.75 Å². The van der Waals surface area contributed by atoms with Gasteiger partial charge < -0.3 is 15.4 Å². The van der Waals surface area contributed by atoms with Crippen LogP contribution in [0, 0.1) is 5.41 Å². The van der Waals surface area contributed by atoms with E-state index in [1.807, 2.05) is 29.6 Å². The lowest BCUT2D eigenvalue weighted by molar-refractivity contribution is -0.127. The SMILES string of the molecule is O=C(Cc1cnsc1)NCCC1(CNC(=O)C2Cc3ccccc3O2)CC1. The molecule has 0 bridgehead atoms. The molecule has 1 saturated carbocycles. The van der Waals surface area contributed by atoms with E-state index >= 15 is 0 Å². The topological polar surface area (TPSA) is 80.3 Å². The highest BCUT2D eigenvalue weighted by atomic mass is 32.1. The number of aromatic nitrogens is 1. The van der Waals surface area contributed by atoms with Crippen LogP contribution in [0.3, 0.4) is 0 Å². The summed E-state index contributed by atoms with van der Waals surface area (Å²) in [5.41, 5.74) is 2.16. The fraction of sp³-hybridized carbons (Fsp3) is 0.450. The summed E-state index contributed by atoms with van der Waals surface area (Å²) in [5, 5.41) is 7.92. The third kappa shape index (κ3) is 4.47. The Balaban J connectivity index is 1.17. The molecule has 2 heterocycles. The van der Waals surface area contributed by atoms with Crippen LogP contribution in [0.2, 0.25) is 0 Å². The first-order chi connectivity index (χ1) is 13.1. The Morgan fingerprint density at radius 1 is 1.26 bits per heavy atom. The Kier molecular flexibility index (Phi) is 5.11.